The molecule has 3 aromatic carbocycles. The number of fused-ring (bicyclic) bond motifs is 5. The van der Waals surface area contributed by atoms with E-state index in [1.807, 2.05) is 11.8 Å². The molecule has 3 aromatic rings. The van der Waals surface area contributed by atoms with Crippen molar-refractivity contribution >= 4 is 46.4 Å². The molecule has 2 atom stereocenters. The molecular weight excluding hydrogens is 557 g/mol. The number of rotatable bonds is 3. The maximum absolute atomic E-state index is 14.3. The number of nitrogens with one attached hydrogen (secondary N) is 2. The van der Waals surface area contributed by atoms with Crippen molar-refractivity contribution < 1.29 is 31.5 Å². The van der Waals surface area contributed by atoms with E-state index in [-0.39, 0.29) is 33.4 Å². The van der Waals surface area contributed by atoms with Gasteiger partial charge < -0.3 is 20.4 Å². The zero-order valence-corrected chi connectivity index (χ0v) is 21.6. The number of hydrogen-bond donors (Lipinski definition) is 2. The van der Waals surface area contributed by atoms with E-state index in [4.69, 9.17) is 11.6 Å². The highest BCUT2D eigenvalue weighted by Gasteiger charge is 2.45. The Bertz CT molecular complexity index is 1660. The van der Waals surface area contributed by atoms with Gasteiger partial charge in [0.1, 0.15) is 11.6 Å². The van der Waals surface area contributed by atoms with Gasteiger partial charge in [0.2, 0.25) is 5.96 Å². The van der Waals surface area contributed by atoms with E-state index in [1.54, 1.807) is 18.0 Å². The zero-order chi connectivity index (χ0) is 28.7. The largest absolute Gasteiger partial charge is 0.416 e. The summed E-state index contributed by atoms with van der Waals surface area (Å²) in [5.41, 5.74) is -0.194. The molecular formula is C27H19ClF5N5O2. The number of carbonyl (C=O) groups excluding carboxylic acids is 2. The second-order valence-corrected chi connectivity index (χ2v) is 10.2. The molecule has 3 heterocycles. The maximum atomic E-state index is 14.3. The summed E-state index contributed by atoms with van der Waals surface area (Å²) in [6.45, 7) is 2.40. The summed E-state index contributed by atoms with van der Waals surface area (Å²) in [6.07, 6.45) is -4.88. The first-order valence-electron chi connectivity index (χ1n) is 12.1. The monoisotopic (exact) mass is 575 g/mol. The van der Waals surface area contributed by atoms with Gasteiger partial charge in [-0.05, 0) is 49.4 Å². The Morgan fingerprint density at radius 1 is 1.12 bits per heavy atom. The van der Waals surface area contributed by atoms with Gasteiger partial charge in [0, 0.05) is 34.4 Å². The Morgan fingerprint density at radius 2 is 1.88 bits per heavy atom. The van der Waals surface area contributed by atoms with E-state index in [1.165, 1.54) is 6.07 Å². The fourth-order valence-electron chi connectivity index (χ4n) is 5.43. The molecule has 7 nitrogen and oxygen atoms in total. The highest BCUT2D eigenvalue weighted by molar-refractivity contribution is 6.31. The van der Waals surface area contributed by atoms with Crippen LogP contribution in [-0.2, 0) is 6.18 Å². The molecule has 206 valence electrons. The Hall–Kier alpha value is -4.19. The van der Waals surface area contributed by atoms with Gasteiger partial charge in [0.25, 0.3) is 11.8 Å². The third-order valence-electron chi connectivity index (χ3n) is 7.16. The maximum Gasteiger partial charge on any atom is 0.416 e. The van der Waals surface area contributed by atoms with Crippen LogP contribution in [0.4, 0.5) is 39.0 Å². The first-order valence-corrected chi connectivity index (χ1v) is 12.5. The standard InChI is InChI=1S/C27H19ClF5N5O2/c1-11-10-34-26-37(2)23-19(38(11)26)9-18(35-24(39)12-5-13(27(31,32)33)7-15(30)6-12)20-21(23)25(40)36-22(20)16-8-14(29)3-4-17(16)28/h3-9,11,22H,10H2,1-2H3,(H,35,39)(H,36,40). The zero-order valence-electron chi connectivity index (χ0n) is 20.8. The average Bonchev–Trinajstić information content (AvgIpc) is 3.52. The number of aliphatic imine (C=N–C) groups is 1. The molecule has 0 fully saturated rings. The number of alkyl halides is 3. The molecule has 0 spiro atoms. The van der Waals surface area contributed by atoms with Crippen LogP contribution in [-0.4, -0.2) is 37.4 Å². The number of carbonyl (C=O) groups is 2. The van der Waals surface area contributed by atoms with Crippen LogP contribution in [0.3, 0.4) is 0 Å². The number of halogens is 6. The van der Waals surface area contributed by atoms with Crippen molar-refractivity contribution in [2.75, 3.05) is 28.7 Å². The third-order valence-corrected chi connectivity index (χ3v) is 7.51. The van der Waals surface area contributed by atoms with Gasteiger partial charge in [0.15, 0.2) is 0 Å². The lowest BCUT2D eigenvalue weighted by Gasteiger charge is -2.22. The minimum Gasteiger partial charge on any atom is -0.341 e. The summed E-state index contributed by atoms with van der Waals surface area (Å²) in [7, 11) is 1.73. The van der Waals surface area contributed by atoms with E-state index < -0.39 is 46.8 Å². The van der Waals surface area contributed by atoms with Crippen molar-refractivity contribution in [3.05, 3.63) is 86.9 Å². The van der Waals surface area contributed by atoms with Crippen LogP contribution in [0.15, 0.2) is 47.5 Å². The van der Waals surface area contributed by atoms with Gasteiger partial charge in [-0.15, -0.1) is 0 Å². The topological polar surface area (TPSA) is 77.0 Å². The summed E-state index contributed by atoms with van der Waals surface area (Å²) in [6, 6.07) is 5.63. The number of hydrogen-bond acceptors (Lipinski definition) is 5. The normalized spacial score (nSPS) is 19.3. The Morgan fingerprint density at radius 3 is 2.60 bits per heavy atom. The number of nitrogens with zero attached hydrogens (tertiary/aromatic N) is 3. The van der Waals surface area contributed by atoms with Gasteiger partial charge in [-0.2, -0.15) is 13.2 Å². The van der Waals surface area contributed by atoms with Gasteiger partial charge >= 0.3 is 6.18 Å². The summed E-state index contributed by atoms with van der Waals surface area (Å²) >= 11 is 6.37. The second-order valence-electron chi connectivity index (χ2n) is 9.75. The summed E-state index contributed by atoms with van der Waals surface area (Å²) < 4.78 is 68.3. The third kappa shape index (κ3) is 3.96. The number of guanidine groups is 1. The minimum atomic E-state index is -4.88. The Labute approximate surface area is 229 Å². The van der Waals surface area contributed by atoms with Crippen molar-refractivity contribution in [2.24, 2.45) is 4.99 Å². The van der Waals surface area contributed by atoms with Crippen LogP contribution in [0, 0.1) is 11.6 Å². The molecule has 3 aliphatic heterocycles. The molecule has 0 bridgehead atoms. The van der Waals surface area contributed by atoms with Crippen molar-refractivity contribution in [1.29, 1.82) is 0 Å². The van der Waals surface area contributed by atoms with Gasteiger partial charge in [-0.1, -0.05) is 11.6 Å². The SMILES string of the molecule is CC1CN=C2N(C)c3c(cc(NC(=O)c4cc(F)cc(C(F)(F)F)c4)c4c3C(=O)NC4c3cc(F)ccc3Cl)N21. The molecule has 0 saturated heterocycles. The number of benzene rings is 3. The minimum absolute atomic E-state index is 0.0639. The van der Waals surface area contributed by atoms with Gasteiger partial charge in [-0.3, -0.25) is 14.6 Å². The molecule has 2 unspecified atom stereocenters. The van der Waals surface area contributed by atoms with Crippen LogP contribution in [0.1, 0.15) is 50.4 Å². The highest BCUT2D eigenvalue weighted by Crippen LogP contribution is 2.51. The van der Waals surface area contributed by atoms with Crippen LogP contribution >= 0.6 is 11.6 Å². The second kappa shape index (κ2) is 8.91. The molecule has 13 heteroatoms. The molecule has 40 heavy (non-hydrogen) atoms. The van der Waals surface area contributed by atoms with E-state index in [0.717, 1.165) is 12.1 Å². The van der Waals surface area contributed by atoms with Gasteiger partial charge in [0.05, 0.1) is 41.1 Å². The van der Waals surface area contributed by atoms with Gasteiger partial charge in [-0.25, -0.2) is 8.78 Å². The molecule has 2 N–H and O–H groups in total. The molecule has 0 aromatic heterocycles. The Kier molecular flexibility index (Phi) is 5.81. The summed E-state index contributed by atoms with van der Waals surface area (Å²) in [4.78, 5) is 34.9. The molecule has 2 amide bonds. The van der Waals surface area contributed by atoms with E-state index in [0.29, 0.717) is 42.1 Å². The first-order chi connectivity index (χ1) is 18.8. The first kappa shape index (κ1) is 26.1. The van der Waals surface area contributed by atoms with Crippen LogP contribution in [0.2, 0.25) is 5.02 Å². The number of anilines is 3. The van der Waals surface area contributed by atoms with Crippen LogP contribution < -0.4 is 20.4 Å². The molecule has 6 rings (SSSR count). The highest BCUT2D eigenvalue weighted by atomic mass is 35.5. The lowest BCUT2D eigenvalue weighted by atomic mass is 9.94. The predicted octanol–water partition coefficient (Wildman–Crippen LogP) is 5.74. The lowest BCUT2D eigenvalue weighted by molar-refractivity contribution is -0.137. The fourth-order valence-corrected chi connectivity index (χ4v) is 5.66. The van der Waals surface area contributed by atoms with E-state index in [2.05, 4.69) is 15.6 Å². The fraction of sp³-hybridized carbons (Fsp3) is 0.222. The predicted molar refractivity (Wildman–Crippen MR) is 139 cm³/mol. The van der Waals surface area contributed by atoms with Crippen LogP contribution in [0.5, 0.6) is 0 Å². The molecule has 0 radical (unpaired) electrons. The van der Waals surface area contributed by atoms with Crippen molar-refractivity contribution in [3.63, 3.8) is 0 Å². The number of amides is 2. The molecule has 0 saturated carbocycles. The van der Waals surface area contributed by atoms with Crippen molar-refractivity contribution in [2.45, 2.75) is 25.2 Å². The molecule has 0 aliphatic carbocycles. The Balaban J connectivity index is 1.54. The average molecular weight is 576 g/mol. The quantitative estimate of drug-likeness (QED) is 0.391. The van der Waals surface area contributed by atoms with E-state index >= 15 is 0 Å². The summed E-state index contributed by atoms with van der Waals surface area (Å²) in [5.74, 6) is -2.85. The van der Waals surface area contributed by atoms with Crippen LogP contribution in [0.25, 0.3) is 0 Å². The van der Waals surface area contributed by atoms with Crippen molar-refractivity contribution in [3.8, 4) is 0 Å². The van der Waals surface area contributed by atoms with Crippen molar-refractivity contribution in [1.82, 2.24) is 5.32 Å². The summed E-state index contributed by atoms with van der Waals surface area (Å²) in [5, 5.41) is 5.50. The smallest absolute Gasteiger partial charge is 0.341 e. The molecule has 3 aliphatic rings. The lowest BCUT2D eigenvalue weighted by Crippen LogP contribution is -2.37. The van der Waals surface area contributed by atoms with E-state index in [9.17, 15) is 31.5 Å².